The second-order valence-corrected chi connectivity index (χ2v) is 6.35. The van der Waals surface area contributed by atoms with Crippen LogP contribution in [0, 0.1) is 11.2 Å². The summed E-state index contributed by atoms with van der Waals surface area (Å²) in [5.74, 6) is -0.145. The van der Waals surface area contributed by atoms with Gasteiger partial charge in [-0.15, -0.1) is 0 Å². The molecular weight excluding hydrogens is 261 g/mol. The highest BCUT2D eigenvalue weighted by atomic mass is 35.5. The SMILES string of the molecule is CCNC(Cc1cc(Cl)ccc1F)C1(C)CCCC1. The van der Waals surface area contributed by atoms with Crippen molar-refractivity contribution in [1.29, 1.82) is 0 Å². The van der Waals surface area contributed by atoms with E-state index < -0.39 is 0 Å². The van der Waals surface area contributed by atoms with Crippen LogP contribution in [0.3, 0.4) is 0 Å². The molecule has 0 radical (unpaired) electrons. The molecule has 1 aromatic rings. The molecule has 3 heteroatoms. The summed E-state index contributed by atoms with van der Waals surface area (Å²) in [4.78, 5) is 0. The number of nitrogens with one attached hydrogen (secondary N) is 1. The van der Waals surface area contributed by atoms with E-state index in [0.29, 0.717) is 11.1 Å². The maximum absolute atomic E-state index is 13.9. The Labute approximate surface area is 120 Å². The lowest BCUT2D eigenvalue weighted by Crippen LogP contribution is -2.43. The van der Waals surface area contributed by atoms with Gasteiger partial charge >= 0.3 is 0 Å². The van der Waals surface area contributed by atoms with Gasteiger partial charge in [0, 0.05) is 11.1 Å². The molecule has 2 rings (SSSR count). The van der Waals surface area contributed by atoms with Crippen LogP contribution in [0.1, 0.15) is 45.1 Å². The Morgan fingerprint density at radius 2 is 2.05 bits per heavy atom. The van der Waals surface area contributed by atoms with Gasteiger partial charge in [-0.2, -0.15) is 0 Å². The minimum absolute atomic E-state index is 0.145. The van der Waals surface area contributed by atoms with E-state index in [1.54, 1.807) is 12.1 Å². The Morgan fingerprint density at radius 3 is 2.68 bits per heavy atom. The van der Waals surface area contributed by atoms with Gasteiger partial charge in [0.15, 0.2) is 0 Å². The monoisotopic (exact) mass is 283 g/mol. The molecule has 1 aliphatic carbocycles. The van der Waals surface area contributed by atoms with Crippen LogP contribution in [-0.2, 0) is 6.42 Å². The molecule has 106 valence electrons. The average Bonchev–Trinajstić information content (AvgIpc) is 2.81. The topological polar surface area (TPSA) is 12.0 Å². The zero-order valence-corrected chi connectivity index (χ0v) is 12.6. The molecule has 1 aliphatic rings. The summed E-state index contributed by atoms with van der Waals surface area (Å²) < 4.78 is 13.9. The van der Waals surface area contributed by atoms with E-state index in [-0.39, 0.29) is 11.2 Å². The van der Waals surface area contributed by atoms with E-state index in [4.69, 9.17) is 11.6 Å². The van der Waals surface area contributed by atoms with Gasteiger partial charge in [0.05, 0.1) is 0 Å². The number of halogens is 2. The number of rotatable bonds is 5. The smallest absolute Gasteiger partial charge is 0.126 e. The van der Waals surface area contributed by atoms with Crippen LogP contribution in [0.4, 0.5) is 4.39 Å². The van der Waals surface area contributed by atoms with Crippen molar-refractivity contribution in [2.45, 2.75) is 52.0 Å². The minimum Gasteiger partial charge on any atom is -0.313 e. The molecule has 0 amide bonds. The highest BCUT2D eigenvalue weighted by Crippen LogP contribution is 2.41. The summed E-state index contributed by atoms with van der Waals surface area (Å²) >= 11 is 5.98. The van der Waals surface area contributed by atoms with Crippen molar-refractivity contribution in [2.75, 3.05) is 6.54 Å². The first-order valence-corrected chi connectivity index (χ1v) is 7.60. The van der Waals surface area contributed by atoms with Crippen LogP contribution in [0.2, 0.25) is 5.02 Å². The first kappa shape index (κ1) is 14.8. The van der Waals surface area contributed by atoms with Gasteiger partial charge in [-0.05, 0) is 55.0 Å². The maximum Gasteiger partial charge on any atom is 0.126 e. The third-order valence-corrected chi connectivity index (χ3v) is 4.70. The van der Waals surface area contributed by atoms with Crippen molar-refractivity contribution in [3.05, 3.63) is 34.6 Å². The first-order chi connectivity index (χ1) is 9.05. The second-order valence-electron chi connectivity index (χ2n) is 5.91. The lowest BCUT2D eigenvalue weighted by molar-refractivity contribution is 0.220. The van der Waals surface area contributed by atoms with E-state index >= 15 is 0 Å². The summed E-state index contributed by atoms with van der Waals surface area (Å²) in [7, 11) is 0. The molecule has 19 heavy (non-hydrogen) atoms. The Bertz CT molecular complexity index is 427. The molecule has 1 nitrogen and oxygen atoms in total. The number of hydrogen-bond donors (Lipinski definition) is 1. The van der Waals surface area contributed by atoms with Crippen LogP contribution >= 0.6 is 11.6 Å². The third-order valence-electron chi connectivity index (χ3n) is 4.47. The molecule has 0 aromatic heterocycles. The molecule has 1 atom stereocenters. The van der Waals surface area contributed by atoms with E-state index in [2.05, 4.69) is 19.2 Å². The van der Waals surface area contributed by atoms with Gasteiger partial charge in [-0.25, -0.2) is 4.39 Å². The van der Waals surface area contributed by atoms with Crippen molar-refractivity contribution in [3.8, 4) is 0 Å². The molecular formula is C16H23ClFN. The van der Waals surface area contributed by atoms with Gasteiger partial charge in [0.1, 0.15) is 5.82 Å². The highest BCUT2D eigenvalue weighted by Gasteiger charge is 2.36. The summed E-state index contributed by atoms with van der Waals surface area (Å²) in [5, 5.41) is 4.16. The van der Waals surface area contributed by atoms with Crippen LogP contribution in [0.15, 0.2) is 18.2 Å². The zero-order valence-electron chi connectivity index (χ0n) is 11.8. The van der Waals surface area contributed by atoms with Gasteiger partial charge in [0.25, 0.3) is 0 Å². The summed E-state index contributed by atoms with van der Waals surface area (Å²) in [6, 6.07) is 5.17. The molecule has 1 N–H and O–H groups in total. The van der Waals surface area contributed by atoms with Crippen molar-refractivity contribution in [1.82, 2.24) is 5.32 Å². The van der Waals surface area contributed by atoms with E-state index in [0.717, 1.165) is 18.5 Å². The van der Waals surface area contributed by atoms with Crippen LogP contribution in [0.25, 0.3) is 0 Å². The lowest BCUT2D eigenvalue weighted by atomic mass is 9.77. The molecule has 1 aromatic carbocycles. The largest absolute Gasteiger partial charge is 0.313 e. The van der Waals surface area contributed by atoms with Gasteiger partial charge in [-0.3, -0.25) is 0 Å². The summed E-state index contributed by atoms with van der Waals surface area (Å²) in [5.41, 5.74) is 1.01. The Hall–Kier alpha value is -0.600. The van der Waals surface area contributed by atoms with Crippen LogP contribution in [0.5, 0.6) is 0 Å². The Balaban J connectivity index is 2.18. The molecule has 1 unspecified atom stereocenters. The molecule has 0 heterocycles. The van der Waals surface area contributed by atoms with Crippen molar-refractivity contribution in [3.63, 3.8) is 0 Å². The Morgan fingerprint density at radius 1 is 1.37 bits per heavy atom. The summed E-state index contributed by atoms with van der Waals surface area (Å²) in [6.45, 7) is 5.36. The zero-order chi connectivity index (χ0) is 13.9. The molecule has 1 fully saturated rings. The van der Waals surface area contributed by atoms with Gasteiger partial charge in [0.2, 0.25) is 0 Å². The van der Waals surface area contributed by atoms with Crippen molar-refractivity contribution in [2.24, 2.45) is 5.41 Å². The van der Waals surface area contributed by atoms with Gasteiger partial charge < -0.3 is 5.32 Å². The third kappa shape index (κ3) is 3.49. The fourth-order valence-corrected chi connectivity index (χ4v) is 3.46. The number of likely N-dealkylation sites (N-methyl/N-ethyl adjacent to an activating group) is 1. The quantitative estimate of drug-likeness (QED) is 0.834. The van der Waals surface area contributed by atoms with Gasteiger partial charge in [-0.1, -0.05) is 38.3 Å². The highest BCUT2D eigenvalue weighted by molar-refractivity contribution is 6.30. The predicted octanol–water partition coefficient (Wildman–Crippen LogP) is 4.58. The van der Waals surface area contributed by atoms with Crippen molar-refractivity contribution >= 4 is 11.6 Å². The van der Waals surface area contributed by atoms with Crippen LogP contribution < -0.4 is 5.32 Å². The molecule has 0 aliphatic heterocycles. The Kier molecular flexibility index (Phi) is 4.86. The maximum atomic E-state index is 13.9. The number of benzene rings is 1. The normalized spacial score (nSPS) is 19.6. The van der Waals surface area contributed by atoms with Crippen molar-refractivity contribution < 1.29 is 4.39 Å². The second kappa shape index (κ2) is 6.23. The number of hydrogen-bond acceptors (Lipinski definition) is 1. The average molecular weight is 284 g/mol. The fourth-order valence-electron chi connectivity index (χ4n) is 3.26. The van der Waals surface area contributed by atoms with E-state index in [1.165, 1.54) is 31.7 Å². The summed E-state index contributed by atoms with van der Waals surface area (Å²) in [6.07, 6.45) is 5.75. The van der Waals surface area contributed by atoms with E-state index in [1.807, 2.05) is 0 Å². The predicted molar refractivity (Wildman–Crippen MR) is 79.2 cm³/mol. The molecule has 0 saturated heterocycles. The lowest BCUT2D eigenvalue weighted by Gasteiger charge is -2.35. The standard InChI is InChI=1S/C16H23ClFN/c1-3-19-15(16(2)8-4-5-9-16)11-12-10-13(17)6-7-14(12)18/h6-7,10,15,19H,3-5,8-9,11H2,1-2H3. The minimum atomic E-state index is -0.145. The fraction of sp³-hybridized carbons (Fsp3) is 0.625. The van der Waals surface area contributed by atoms with Crippen LogP contribution in [-0.4, -0.2) is 12.6 Å². The van der Waals surface area contributed by atoms with E-state index in [9.17, 15) is 4.39 Å². The molecule has 1 saturated carbocycles. The molecule has 0 spiro atoms. The first-order valence-electron chi connectivity index (χ1n) is 7.22. The molecule has 0 bridgehead atoms.